The zero-order valence-electron chi connectivity index (χ0n) is 14.7. The molecule has 0 bridgehead atoms. The highest BCUT2D eigenvalue weighted by Crippen LogP contribution is 2.18. The minimum absolute atomic E-state index is 0.169. The fourth-order valence-electron chi connectivity index (χ4n) is 2.75. The number of carbonyl (C=O) groups is 2. The lowest BCUT2D eigenvalue weighted by Crippen LogP contribution is -2.24. The minimum Gasteiger partial charge on any atom is -0.351 e. The van der Waals surface area contributed by atoms with E-state index in [-0.39, 0.29) is 5.91 Å². The van der Waals surface area contributed by atoms with E-state index in [4.69, 9.17) is 5.73 Å². The summed E-state index contributed by atoms with van der Waals surface area (Å²) in [5.74, 6) is -0.169. The molecule has 0 aliphatic heterocycles. The summed E-state index contributed by atoms with van der Waals surface area (Å²) in [5, 5.41) is 6.35. The summed E-state index contributed by atoms with van der Waals surface area (Å²) in [6, 6.07) is 14.4. The Hall–Kier alpha value is -3.41. The van der Waals surface area contributed by atoms with Crippen molar-refractivity contribution < 1.29 is 9.59 Å². The summed E-state index contributed by atoms with van der Waals surface area (Å²) in [6.45, 7) is 4.22. The van der Waals surface area contributed by atoms with Gasteiger partial charge in [-0.3, -0.25) is 9.78 Å². The third kappa shape index (κ3) is 3.97. The lowest BCUT2D eigenvalue weighted by molar-refractivity contribution is 0.0950. The molecule has 0 spiro atoms. The van der Waals surface area contributed by atoms with Crippen molar-refractivity contribution in [1.82, 2.24) is 10.3 Å². The average Bonchev–Trinajstić information content (AvgIpc) is 2.60. The number of nitrogens with zero attached hydrogens (tertiary/aromatic N) is 1. The van der Waals surface area contributed by atoms with Gasteiger partial charge in [0, 0.05) is 17.6 Å². The first-order valence-electron chi connectivity index (χ1n) is 8.24. The van der Waals surface area contributed by atoms with Gasteiger partial charge >= 0.3 is 6.03 Å². The average molecular weight is 348 g/mol. The maximum Gasteiger partial charge on any atom is 0.316 e. The molecule has 0 aliphatic carbocycles. The number of nitrogens with one attached hydrogen (secondary N) is 2. The van der Waals surface area contributed by atoms with Crippen LogP contribution in [0.3, 0.4) is 0 Å². The SMILES string of the molecule is Cc1ccc2nc(C)c(C(=O)NCc3ccc(NC(N)=O)cc3)cc2c1. The Kier molecular flexibility index (Phi) is 4.84. The second-order valence-electron chi connectivity index (χ2n) is 6.19. The molecule has 132 valence electrons. The summed E-state index contributed by atoms with van der Waals surface area (Å²) in [4.78, 5) is 27.9. The van der Waals surface area contributed by atoms with Gasteiger partial charge in [0.1, 0.15) is 0 Å². The number of carbonyl (C=O) groups excluding carboxylic acids is 2. The topological polar surface area (TPSA) is 97.1 Å². The number of urea groups is 1. The Morgan fingerprint density at radius 3 is 2.46 bits per heavy atom. The number of aromatic nitrogens is 1. The van der Waals surface area contributed by atoms with Crippen LogP contribution < -0.4 is 16.4 Å². The van der Waals surface area contributed by atoms with Gasteiger partial charge in [-0.1, -0.05) is 23.8 Å². The van der Waals surface area contributed by atoms with Crippen LogP contribution in [0.25, 0.3) is 10.9 Å². The molecule has 3 aromatic rings. The molecular formula is C20H20N4O2. The Balaban J connectivity index is 1.72. The van der Waals surface area contributed by atoms with Gasteiger partial charge in [0.05, 0.1) is 16.8 Å². The van der Waals surface area contributed by atoms with Gasteiger partial charge in [-0.05, 0) is 49.7 Å². The van der Waals surface area contributed by atoms with E-state index >= 15 is 0 Å². The summed E-state index contributed by atoms with van der Waals surface area (Å²) in [5.41, 5.74) is 9.86. The van der Waals surface area contributed by atoms with Crippen molar-refractivity contribution >= 4 is 28.5 Å². The van der Waals surface area contributed by atoms with E-state index in [0.717, 1.165) is 22.0 Å². The Morgan fingerprint density at radius 2 is 1.77 bits per heavy atom. The van der Waals surface area contributed by atoms with Gasteiger partial charge < -0.3 is 16.4 Å². The van der Waals surface area contributed by atoms with E-state index in [2.05, 4.69) is 15.6 Å². The second-order valence-corrected chi connectivity index (χ2v) is 6.19. The van der Waals surface area contributed by atoms with Crippen LogP contribution in [0.2, 0.25) is 0 Å². The molecular weight excluding hydrogens is 328 g/mol. The lowest BCUT2D eigenvalue weighted by Gasteiger charge is -2.10. The third-order valence-corrected chi connectivity index (χ3v) is 4.08. The van der Waals surface area contributed by atoms with Gasteiger partial charge in [-0.2, -0.15) is 0 Å². The summed E-state index contributed by atoms with van der Waals surface area (Å²) >= 11 is 0. The monoisotopic (exact) mass is 348 g/mol. The number of primary amides is 1. The minimum atomic E-state index is -0.611. The van der Waals surface area contributed by atoms with Crippen LogP contribution in [0.1, 0.15) is 27.2 Å². The molecule has 0 aliphatic rings. The fraction of sp³-hybridized carbons (Fsp3) is 0.150. The first-order valence-corrected chi connectivity index (χ1v) is 8.24. The molecule has 0 unspecified atom stereocenters. The van der Waals surface area contributed by atoms with Crippen LogP contribution in [-0.4, -0.2) is 16.9 Å². The van der Waals surface area contributed by atoms with Gasteiger partial charge in [-0.25, -0.2) is 4.79 Å². The van der Waals surface area contributed by atoms with Crippen LogP contribution in [0.15, 0.2) is 48.5 Å². The highest BCUT2D eigenvalue weighted by atomic mass is 16.2. The number of hydrogen-bond donors (Lipinski definition) is 3. The number of nitrogens with two attached hydrogens (primary N) is 1. The number of fused-ring (bicyclic) bond motifs is 1. The molecule has 0 saturated heterocycles. The molecule has 0 saturated carbocycles. The number of anilines is 1. The van der Waals surface area contributed by atoms with Gasteiger partial charge in [0.15, 0.2) is 0 Å². The summed E-state index contributed by atoms with van der Waals surface area (Å²) in [7, 11) is 0. The molecule has 6 nitrogen and oxygen atoms in total. The number of hydrogen-bond acceptors (Lipinski definition) is 3. The quantitative estimate of drug-likeness (QED) is 0.675. The van der Waals surface area contributed by atoms with E-state index in [0.29, 0.717) is 23.5 Å². The molecule has 3 amide bonds. The zero-order valence-corrected chi connectivity index (χ0v) is 14.7. The summed E-state index contributed by atoms with van der Waals surface area (Å²) < 4.78 is 0. The van der Waals surface area contributed by atoms with Gasteiger partial charge in [0.2, 0.25) is 0 Å². The number of benzene rings is 2. The highest BCUT2D eigenvalue weighted by Gasteiger charge is 2.11. The van der Waals surface area contributed by atoms with Crippen LogP contribution in [-0.2, 0) is 6.54 Å². The molecule has 1 aromatic heterocycles. The molecule has 4 N–H and O–H groups in total. The van der Waals surface area contributed by atoms with Crippen molar-refractivity contribution in [3.8, 4) is 0 Å². The number of rotatable bonds is 4. The molecule has 0 radical (unpaired) electrons. The van der Waals surface area contributed by atoms with Crippen molar-refractivity contribution in [1.29, 1.82) is 0 Å². The molecule has 3 rings (SSSR count). The third-order valence-electron chi connectivity index (χ3n) is 4.08. The number of aryl methyl sites for hydroxylation is 2. The van der Waals surface area contributed by atoms with Gasteiger partial charge in [-0.15, -0.1) is 0 Å². The Labute approximate surface area is 151 Å². The van der Waals surface area contributed by atoms with E-state index in [1.165, 1.54) is 0 Å². The van der Waals surface area contributed by atoms with E-state index in [1.807, 2.05) is 50.2 Å². The maximum absolute atomic E-state index is 12.6. The summed E-state index contributed by atoms with van der Waals surface area (Å²) in [6.07, 6.45) is 0. The van der Waals surface area contributed by atoms with Gasteiger partial charge in [0.25, 0.3) is 5.91 Å². The molecule has 1 heterocycles. The molecule has 0 fully saturated rings. The number of pyridine rings is 1. The lowest BCUT2D eigenvalue weighted by atomic mass is 10.1. The largest absolute Gasteiger partial charge is 0.351 e. The Morgan fingerprint density at radius 1 is 1.04 bits per heavy atom. The fourth-order valence-corrected chi connectivity index (χ4v) is 2.75. The smallest absolute Gasteiger partial charge is 0.316 e. The van der Waals surface area contributed by atoms with Crippen molar-refractivity contribution in [2.75, 3.05) is 5.32 Å². The standard InChI is InChI=1S/C20H20N4O2/c1-12-3-8-18-15(9-12)10-17(13(2)23-18)19(25)22-11-14-4-6-16(7-5-14)24-20(21)26/h3-10H,11H2,1-2H3,(H,22,25)(H3,21,24,26). The predicted molar refractivity (Wildman–Crippen MR) is 102 cm³/mol. The van der Waals surface area contributed by atoms with Crippen LogP contribution in [0.5, 0.6) is 0 Å². The molecule has 0 atom stereocenters. The van der Waals surface area contributed by atoms with Crippen molar-refractivity contribution in [2.24, 2.45) is 5.73 Å². The number of amides is 3. The van der Waals surface area contributed by atoms with Crippen LogP contribution in [0.4, 0.5) is 10.5 Å². The van der Waals surface area contributed by atoms with Crippen molar-refractivity contribution in [2.45, 2.75) is 20.4 Å². The first-order chi connectivity index (χ1) is 12.4. The maximum atomic E-state index is 12.6. The van der Waals surface area contributed by atoms with Crippen molar-refractivity contribution in [3.63, 3.8) is 0 Å². The van der Waals surface area contributed by atoms with Crippen LogP contribution >= 0.6 is 0 Å². The molecule has 2 aromatic carbocycles. The van der Waals surface area contributed by atoms with Crippen LogP contribution in [0, 0.1) is 13.8 Å². The molecule has 6 heteroatoms. The van der Waals surface area contributed by atoms with E-state index in [9.17, 15) is 9.59 Å². The van der Waals surface area contributed by atoms with E-state index < -0.39 is 6.03 Å². The van der Waals surface area contributed by atoms with Crippen molar-refractivity contribution in [3.05, 3.63) is 70.9 Å². The zero-order chi connectivity index (χ0) is 18.7. The predicted octanol–water partition coefficient (Wildman–Crippen LogP) is 3.27. The molecule has 26 heavy (non-hydrogen) atoms. The Bertz CT molecular complexity index is 981. The second kappa shape index (κ2) is 7.23. The first kappa shape index (κ1) is 17.4. The normalized spacial score (nSPS) is 10.5. The van der Waals surface area contributed by atoms with E-state index in [1.54, 1.807) is 12.1 Å². The highest BCUT2D eigenvalue weighted by molar-refractivity contribution is 5.98.